The van der Waals surface area contributed by atoms with Crippen LogP contribution in [0.25, 0.3) is 0 Å². The van der Waals surface area contributed by atoms with Crippen molar-refractivity contribution in [1.29, 1.82) is 0 Å². The van der Waals surface area contributed by atoms with E-state index in [1.165, 1.54) is 38.5 Å². The number of hydrogen-bond donors (Lipinski definition) is 0. The first-order valence-corrected chi connectivity index (χ1v) is 6.00. The summed E-state index contributed by atoms with van der Waals surface area (Å²) in [7, 11) is 0. The second-order valence-electron chi connectivity index (χ2n) is 3.83. The van der Waals surface area contributed by atoms with Crippen LogP contribution in [0.2, 0.25) is 0 Å². The van der Waals surface area contributed by atoms with Crippen molar-refractivity contribution < 1.29 is 0 Å². The summed E-state index contributed by atoms with van der Waals surface area (Å²) in [5.41, 5.74) is 0. The molecule has 0 amide bonds. The Hall–Kier alpha value is 0.580. The highest BCUT2D eigenvalue weighted by atomic mass is 35.5. The predicted octanol–water partition coefficient (Wildman–Crippen LogP) is 4.19. The molecule has 1 saturated carbocycles. The average molecular weight is 209 g/mol. The van der Waals surface area contributed by atoms with Gasteiger partial charge in [0.15, 0.2) is 0 Å². The minimum atomic E-state index is 0.202. The molecule has 2 heteroatoms. The Bertz CT molecular complexity index is 108. The third-order valence-electron chi connectivity index (χ3n) is 2.78. The molecule has 1 rings (SSSR count). The molecule has 1 fully saturated rings. The molecule has 0 nitrogen and oxygen atoms in total. The topological polar surface area (TPSA) is 0 Å². The molecular weight excluding hydrogens is 191 g/mol. The molecule has 0 radical (unpaired) electrons. The van der Waals surface area contributed by atoms with Crippen LogP contribution in [0.3, 0.4) is 0 Å². The highest BCUT2D eigenvalue weighted by Gasteiger charge is 2.14. The van der Waals surface area contributed by atoms with E-state index in [2.05, 4.69) is 0 Å². The Morgan fingerprint density at radius 1 is 1.17 bits per heavy atom. The molecule has 0 spiro atoms. The Kier molecular flexibility index (Phi) is 5.42. The molecular formula is C10H18Cl2. The first kappa shape index (κ1) is 10.7. The Balaban J connectivity index is 2.05. The van der Waals surface area contributed by atoms with E-state index in [4.69, 9.17) is 23.2 Å². The van der Waals surface area contributed by atoms with Gasteiger partial charge in [0.2, 0.25) is 0 Å². The molecule has 0 aromatic carbocycles. The van der Waals surface area contributed by atoms with Gasteiger partial charge in [0.25, 0.3) is 0 Å². The summed E-state index contributed by atoms with van der Waals surface area (Å²) in [4.78, 5) is 0. The number of halogens is 2. The van der Waals surface area contributed by atoms with Gasteiger partial charge in [-0.2, -0.15) is 0 Å². The third-order valence-corrected chi connectivity index (χ3v) is 3.68. The van der Waals surface area contributed by atoms with E-state index in [-0.39, 0.29) is 5.38 Å². The summed E-state index contributed by atoms with van der Waals surface area (Å²) in [5.74, 6) is 1.55. The van der Waals surface area contributed by atoms with Crippen LogP contribution in [0.1, 0.15) is 44.9 Å². The summed E-state index contributed by atoms with van der Waals surface area (Å²) in [6.45, 7) is 0. The standard InChI is InChI=1S/C10H18Cl2/c11-8-10(12)7-6-9-4-2-1-3-5-9/h9-10H,1-8H2. The summed E-state index contributed by atoms with van der Waals surface area (Å²) < 4.78 is 0. The molecule has 12 heavy (non-hydrogen) atoms. The van der Waals surface area contributed by atoms with Crippen LogP contribution in [-0.4, -0.2) is 11.3 Å². The molecule has 1 aliphatic carbocycles. The normalized spacial score (nSPS) is 22.5. The summed E-state index contributed by atoms with van der Waals surface area (Å²) in [6, 6.07) is 0. The minimum Gasteiger partial charge on any atom is -0.125 e. The number of alkyl halides is 2. The van der Waals surface area contributed by atoms with Gasteiger partial charge < -0.3 is 0 Å². The van der Waals surface area contributed by atoms with Crippen molar-refractivity contribution >= 4 is 23.2 Å². The van der Waals surface area contributed by atoms with Gasteiger partial charge in [-0.05, 0) is 18.8 Å². The van der Waals surface area contributed by atoms with E-state index in [0.717, 1.165) is 12.3 Å². The van der Waals surface area contributed by atoms with Crippen LogP contribution in [-0.2, 0) is 0 Å². The van der Waals surface area contributed by atoms with E-state index in [0.29, 0.717) is 5.88 Å². The van der Waals surface area contributed by atoms with Crippen LogP contribution >= 0.6 is 23.2 Å². The lowest BCUT2D eigenvalue weighted by molar-refractivity contribution is 0.332. The molecule has 1 atom stereocenters. The van der Waals surface area contributed by atoms with Crippen LogP contribution in [0, 0.1) is 5.92 Å². The van der Waals surface area contributed by atoms with Gasteiger partial charge in [0.05, 0.1) is 0 Å². The maximum absolute atomic E-state index is 5.95. The Morgan fingerprint density at radius 2 is 1.83 bits per heavy atom. The van der Waals surface area contributed by atoms with E-state index < -0.39 is 0 Å². The maximum Gasteiger partial charge on any atom is 0.0471 e. The average Bonchev–Trinajstić information content (AvgIpc) is 2.16. The fourth-order valence-corrected chi connectivity index (χ4v) is 2.25. The first-order valence-electron chi connectivity index (χ1n) is 5.03. The molecule has 0 aliphatic heterocycles. The molecule has 72 valence electrons. The lowest BCUT2D eigenvalue weighted by Crippen LogP contribution is -2.09. The smallest absolute Gasteiger partial charge is 0.0471 e. The second-order valence-corrected chi connectivity index (χ2v) is 4.76. The fourth-order valence-electron chi connectivity index (χ4n) is 1.97. The zero-order chi connectivity index (χ0) is 8.81. The monoisotopic (exact) mass is 208 g/mol. The molecule has 0 heterocycles. The lowest BCUT2D eigenvalue weighted by atomic mass is 9.86. The minimum absolute atomic E-state index is 0.202. The molecule has 0 saturated heterocycles. The van der Waals surface area contributed by atoms with Gasteiger partial charge in [-0.15, -0.1) is 23.2 Å². The molecule has 1 aliphatic rings. The first-order chi connectivity index (χ1) is 5.83. The molecule has 0 aromatic rings. The predicted molar refractivity (Wildman–Crippen MR) is 56.2 cm³/mol. The summed E-state index contributed by atoms with van der Waals surface area (Å²) in [6.07, 6.45) is 9.54. The van der Waals surface area contributed by atoms with Crippen LogP contribution in [0.4, 0.5) is 0 Å². The van der Waals surface area contributed by atoms with Crippen LogP contribution < -0.4 is 0 Å². The van der Waals surface area contributed by atoms with Crippen molar-refractivity contribution in [2.24, 2.45) is 5.92 Å². The summed E-state index contributed by atoms with van der Waals surface area (Å²) >= 11 is 11.6. The molecule has 0 aromatic heterocycles. The third kappa shape index (κ3) is 4.00. The van der Waals surface area contributed by atoms with Crippen molar-refractivity contribution in [3.8, 4) is 0 Å². The lowest BCUT2D eigenvalue weighted by Gasteiger charge is -2.21. The zero-order valence-electron chi connectivity index (χ0n) is 7.57. The van der Waals surface area contributed by atoms with Crippen molar-refractivity contribution in [1.82, 2.24) is 0 Å². The van der Waals surface area contributed by atoms with Gasteiger partial charge in [-0.25, -0.2) is 0 Å². The van der Waals surface area contributed by atoms with E-state index in [1.54, 1.807) is 0 Å². The second kappa shape index (κ2) is 6.10. The van der Waals surface area contributed by atoms with Crippen molar-refractivity contribution in [2.75, 3.05) is 5.88 Å². The SMILES string of the molecule is ClCC(Cl)CCC1CCCCC1. The van der Waals surface area contributed by atoms with Gasteiger partial charge in [0, 0.05) is 11.3 Å². The van der Waals surface area contributed by atoms with Gasteiger partial charge in [0.1, 0.15) is 0 Å². The maximum atomic E-state index is 5.95. The zero-order valence-corrected chi connectivity index (χ0v) is 9.08. The Morgan fingerprint density at radius 3 is 2.42 bits per heavy atom. The highest BCUT2D eigenvalue weighted by molar-refractivity contribution is 6.28. The van der Waals surface area contributed by atoms with Crippen LogP contribution in [0.15, 0.2) is 0 Å². The van der Waals surface area contributed by atoms with Crippen LogP contribution in [0.5, 0.6) is 0 Å². The van der Waals surface area contributed by atoms with Crippen molar-refractivity contribution in [3.05, 3.63) is 0 Å². The van der Waals surface area contributed by atoms with Gasteiger partial charge in [-0.1, -0.05) is 32.1 Å². The van der Waals surface area contributed by atoms with E-state index >= 15 is 0 Å². The largest absolute Gasteiger partial charge is 0.125 e. The number of rotatable bonds is 4. The summed E-state index contributed by atoms with van der Waals surface area (Å²) in [5, 5.41) is 0.202. The molecule has 0 bridgehead atoms. The fraction of sp³-hybridized carbons (Fsp3) is 1.00. The van der Waals surface area contributed by atoms with Gasteiger partial charge >= 0.3 is 0 Å². The quantitative estimate of drug-likeness (QED) is 0.609. The van der Waals surface area contributed by atoms with Crippen molar-refractivity contribution in [3.63, 3.8) is 0 Å². The Labute approximate surface area is 85.6 Å². The van der Waals surface area contributed by atoms with E-state index in [9.17, 15) is 0 Å². The van der Waals surface area contributed by atoms with Crippen molar-refractivity contribution in [2.45, 2.75) is 50.3 Å². The molecule has 1 unspecified atom stereocenters. The highest BCUT2D eigenvalue weighted by Crippen LogP contribution is 2.28. The number of hydrogen-bond acceptors (Lipinski definition) is 0. The molecule has 0 N–H and O–H groups in total. The van der Waals surface area contributed by atoms with E-state index in [1.807, 2.05) is 0 Å². The van der Waals surface area contributed by atoms with Gasteiger partial charge in [-0.3, -0.25) is 0 Å².